The Kier molecular flexibility index (Phi) is 4.24. The van der Waals surface area contributed by atoms with Gasteiger partial charge >= 0.3 is 0 Å². The molecule has 0 aliphatic carbocycles. The van der Waals surface area contributed by atoms with Crippen molar-refractivity contribution < 1.29 is 4.39 Å². The minimum Gasteiger partial charge on any atom is -0.291 e. The Hall–Kier alpha value is -2.50. The molecule has 104 valence electrons. The molecule has 0 spiro atoms. The highest BCUT2D eigenvalue weighted by Gasteiger charge is 2.04. The maximum Gasteiger partial charge on any atom is 0.252 e. The van der Waals surface area contributed by atoms with Gasteiger partial charge in [0.2, 0.25) is 5.95 Å². The maximum atomic E-state index is 13.4. The molecule has 2 N–H and O–H groups in total. The summed E-state index contributed by atoms with van der Waals surface area (Å²) in [6.45, 7) is 3.88. The largest absolute Gasteiger partial charge is 0.291 e. The van der Waals surface area contributed by atoms with Gasteiger partial charge in [0.15, 0.2) is 0 Å². The van der Waals surface area contributed by atoms with Crippen LogP contribution in [0.1, 0.15) is 31.0 Å². The Balaban J connectivity index is 2.15. The lowest BCUT2D eigenvalue weighted by molar-refractivity contribution is 0.626. The Morgan fingerprint density at radius 1 is 1.40 bits per heavy atom. The second-order valence-electron chi connectivity index (χ2n) is 4.57. The Morgan fingerprint density at radius 3 is 2.85 bits per heavy atom. The molecule has 0 aliphatic rings. The molecular weight excluding hydrogens is 259 g/mol. The van der Waals surface area contributed by atoms with Crippen molar-refractivity contribution in [1.82, 2.24) is 9.97 Å². The van der Waals surface area contributed by atoms with E-state index in [4.69, 9.17) is 0 Å². The quantitative estimate of drug-likeness (QED) is 0.664. The van der Waals surface area contributed by atoms with Crippen LogP contribution < -0.4 is 11.0 Å². The lowest BCUT2D eigenvalue weighted by Crippen LogP contribution is -2.12. The first-order valence-electron chi connectivity index (χ1n) is 6.21. The van der Waals surface area contributed by atoms with Crippen molar-refractivity contribution in [3.05, 3.63) is 57.8 Å². The molecule has 1 aromatic carbocycles. The van der Waals surface area contributed by atoms with Gasteiger partial charge in [0, 0.05) is 11.6 Å². The van der Waals surface area contributed by atoms with Crippen LogP contribution in [0.25, 0.3) is 0 Å². The van der Waals surface area contributed by atoms with E-state index < -0.39 is 0 Å². The number of hydrogen-bond acceptors (Lipinski definition) is 4. The lowest BCUT2D eigenvalue weighted by Gasteiger charge is -2.05. The summed E-state index contributed by atoms with van der Waals surface area (Å²) in [6.07, 6.45) is 1.33. The van der Waals surface area contributed by atoms with Crippen LogP contribution in [0.2, 0.25) is 0 Å². The summed E-state index contributed by atoms with van der Waals surface area (Å²) in [6, 6.07) is 7.70. The predicted octanol–water partition coefficient (Wildman–Crippen LogP) is 2.48. The number of nitrogens with one attached hydrogen (secondary N) is 2. The van der Waals surface area contributed by atoms with Gasteiger partial charge in [0.25, 0.3) is 5.56 Å². The molecule has 0 saturated carbocycles. The first-order chi connectivity index (χ1) is 9.56. The van der Waals surface area contributed by atoms with E-state index in [9.17, 15) is 9.18 Å². The minimum atomic E-state index is -0.365. The van der Waals surface area contributed by atoms with E-state index in [1.807, 2.05) is 13.8 Å². The smallest absolute Gasteiger partial charge is 0.252 e. The summed E-state index contributed by atoms with van der Waals surface area (Å²) in [5.41, 5.74) is 3.35. The number of aromatic amines is 1. The van der Waals surface area contributed by atoms with Gasteiger partial charge in [0.1, 0.15) is 5.82 Å². The molecule has 2 aromatic rings. The number of halogens is 1. The molecule has 0 radical (unpaired) electrons. The van der Waals surface area contributed by atoms with Gasteiger partial charge in [-0.1, -0.05) is 32.0 Å². The van der Waals surface area contributed by atoms with Crippen LogP contribution in [-0.4, -0.2) is 16.2 Å². The number of benzene rings is 1. The van der Waals surface area contributed by atoms with Crippen LogP contribution >= 0.6 is 0 Å². The minimum absolute atomic E-state index is 0.133. The fourth-order valence-corrected chi connectivity index (χ4v) is 1.57. The molecule has 0 unspecified atom stereocenters. The number of hydrazone groups is 1. The monoisotopic (exact) mass is 274 g/mol. The van der Waals surface area contributed by atoms with Gasteiger partial charge in [-0.3, -0.25) is 9.78 Å². The second-order valence-corrected chi connectivity index (χ2v) is 4.57. The first kappa shape index (κ1) is 13.9. The van der Waals surface area contributed by atoms with Crippen molar-refractivity contribution >= 4 is 12.2 Å². The van der Waals surface area contributed by atoms with E-state index in [0.717, 1.165) is 0 Å². The zero-order chi connectivity index (χ0) is 14.5. The van der Waals surface area contributed by atoms with Crippen LogP contribution in [0.5, 0.6) is 0 Å². The second kappa shape index (κ2) is 6.10. The molecular formula is C14H15FN4O. The van der Waals surface area contributed by atoms with Crippen molar-refractivity contribution in [3.63, 3.8) is 0 Å². The van der Waals surface area contributed by atoms with E-state index >= 15 is 0 Å². The number of H-pyrrole nitrogens is 1. The van der Waals surface area contributed by atoms with E-state index in [0.29, 0.717) is 11.3 Å². The van der Waals surface area contributed by atoms with Crippen molar-refractivity contribution in [2.45, 2.75) is 19.8 Å². The van der Waals surface area contributed by atoms with Crippen LogP contribution in [0.15, 0.2) is 40.2 Å². The van der Waals surface area contributed by atoms with Crippen LogP contribution in [0, 0.1) is 5.82 Å². The Morgan fingerprint density at radius 2 is 2.15 bits per heavy atom. The van der Waals surface area contributed by atoms with Crippen molar-refractivity contribution in [1.29, 1.82) is 0 Å². The average Bonchev–Trinajstić information content (AvgIpc) is 2.40. The highest BCUT2D eigenvalue weighted by atomic mass is 19.1. The maximum absolute atomic E-state index is 13.4. The third-order valence-electron chi connectivity index (χ3n) is 2.63. The highest BCUT2D eigenvalue weighted by molar-refractivity contribution is 5.80. The molecule has 2 rings (SSSR count). The standard InChI is InChI=1S/C14H15FN4O/c1-9(2)12-7-13(20)18-14(17-12)19-16-8-10-5-3-4-6-11(10)15/h3-9H,1-2H3,(H2,17,18,19,20)/b16-8-. The SMILES string of the molecule is CC(C)c1cc(=O)[nH]c(N/N=C\c2ccccc2F)n1. The zero-order valence-electron chi connectivity index (χ0n) is 11.2. The molecule has 1 heterocycles. The van der Waals surface area contributed by atoms with Gasteiger partial charge in [-0.05, 0) is 12.0 Å². The van der Waals surface area contributed by atoms with E-state index in [2.05, 4.69) is 20.5 Å². The molecule has 0 aliphatic heterocycles. The fourth-order valence-electron chi connectivity index (χ4n) is 1.57. The third-order valence-corrected chi connectivity index (χ3v) is 2.63. The van der Waals surface area contributed by atoms with Gasteiger partial charge in [0.05, 0.1) is 11.9 Å². The molecule has 20 heavy (non-hydrogen) atoms. The topological polar surface area (TPSA) is 70.1 Å². The van der Waals surface area contributed by atoms with Gasteiger partial charge < -0.3 is 0 Å². The molecule has 5 nitrogen and oxygen atoms in total. The predicted molar refractivity (Wildman–Crippen MR) is 76.6 cm³/mol. The summed E-state index contributed by atoms with van der Waals surface area (Å²) < 4.78 is 13.4. The molecule has 0 bridgehead atoms. The lowest BCUT2D eigenvalue weighted by atomic mass is 10.1. The first-order valence-corrected chi connectivity index (χ1v) is 6.21. The molecule has 0 fully saturated rings. The third kappa shape index (κ3) is 3.50. The molecule has 6 heteroatoms. The Labute approximate surface area is 115 Å². The normalized spacial score (nSPS) is 11.2. The van der Waals surface area contributed by atoms with Crippen molar-refractivity contribution in [2.75, 3.05) is 5.43 Å². The van der Waals surface area contributed by atoms with Gasteiger partial charge in [-0.15, -0.1) is 0 Å². The zero-order valence-corrected chi connectivity index (χ0v) is 11.2. The fraction of sp³-hybridized carbons (Fsp3) is 0.214. The van der Waals surface area contributed by atoms with E-state index in [1.165, 1.54) is 18.3 Å². The summed E-state index contributed by atoms with van der Waals surface area (Å²) in [5.74, 6) is -0.00220. The number of anilines is 1. The van der Waals surface area contributed by atoms with Gasteiger partial charge in [-0.2, -0.15) is 5.10 Å². The van der Waals surface area contributed by atoms with Crippen LogP contribution in [0.3, 0.4) is 0 Å². The average molecular weight is 274 g/mol. The Bertz CT molecular complexity index is 679. The highest BCUT2D eigenvalue weighted by Crippen LogP contribution is 2.10. The summed E-state index contributed by atoms with van der Waals surface area (Å²) in [5, 5.41) is 3.87. The summed E-state index contributed by atoms with van der Waals surface area (Å²) >= 11 is 0. The molecule has 0 saturated heterocycles. The molecule has 0 amide bonds. The number of nitrogens with zero attached hydrogens (tertiary/aromatic N) is 2. The molecule has 1 aromatic heterocycles. The van der Waals surface area contributed by atoms with E-state index in [-0.39, 0.29) is 23.2 Å². The summed E-state index contributed by atoms with van der Waals surface area (Å²) in [7, 11) is 0. The van der Waals surface area contributed by atoms with Crippen LogP contribution in [0.4, 0.5) is 10.3 Å². The number of aromatic nitrogens is 2. The number of hydrogen-bond donors (Lipinski definition) is 2. The summed E-state index contributed by atoms with van der Waals surface area (Å²) in [4.78, 5) is 18.2. The van der Waals surface area contributed by atoms with Gasteiger partial charge in [-0.25, -0.2) is 14.8 Å². The molecule has 0 atom stereocenters. The van der Waals surface area contributed by atoms with E-state index in [1.54, 1.807) is 18.2 Å². The number of rotatable bonds is 4. The van der Waals surface area contributed by atoms with Crippen LogP contribution in [-0.2, 0) is 0 Å². The van der Waals surface area contributed by atoms with Crippen molar-refractivity contribution in [3.8, 4) is 0 Å². The van der Waals surface area contributed by atoms with Crippen molar-refractivity contribution in [2.24, 2.45) is 5.10 Å².